The van der Waals surface area contributed by atoms with Crippen molar-refractivity contribution in [1.29, 1.82) is 0 Å². The molecule has 5 rings (SSSR count). The molecule has 0 unspecified atom stereocenters. The van der Waals surface area contributed by atoms with Crippen molar-refractivity contribution >= 4 is 33.9 Å². The normalized spacial score (nSPS) is 10.8. The maximum absolute atomic E-state index is 13.5. The van der Waals surface area contributed by atoms with E-state index >= 15 is 0 Å². The van der Waals surface area contributed by atoms with Crippen LogP contribution in [0.4, 0.5) is 15.9 Å². The van der Waals surface area contributed by atoms with Gasteiger partial charge in [-0.2, -0.15) is 10.2 Å². The average molecular weight is 446 g/mol. The van der Waals surface area contributed by atoms with Crippen LogP contribution >= 0.6 is 0 Å². The summed E-state index contributed by atoms with van der Waals surface area (Å²) in [4.78, 5) is 15.7. The molecule has 0 radical (unpaired) electrons. The van der Waals surface area contributed by atoms with Crippen LogP contribution < -0.4 is 5.32 Å². The molecular formula is C24H23FN6O2. The van der Waals surface area contributed by atoms with E-state index in [1.54, 1.807) is 19.2 Å². The van der Waals surface area contributed by atoms with Crippen molar-refractivity contribution in [2.45, 2.75) is 27.3 Å². The zero-order valence-corrected chi connectivity index (χ0v) is 18.5. The van der Waals surface area contributed by atoms with Gasteiger partial charge >= 0.3 is 5.97 Å². The van der Waals surface area contributed by atoms with Crippen molar-refractivity contribution in [3.05, 3.63) is 83.7 Å². The van der Waals surface area contributed by atoms with Crippen molar-refractivity contribution in [3.63, 3.8) is 0 Å². The predicted molar refractivity (Wildman–Crippen MR) is 125 cm³/mol. The lowest BCUT2D eigenvalue weighted by molar-refractivity contribution is 0.0696. The quantitative estimate of drug-likeness (QED) is 0.392. The molecule has 9 heteroatoms. The van der Waals surface area contributed by atoms with Gasteiger partial charge in [0.2, 0.25) is 0 Å². The molecule has 0 saturated heterocycles. The second-order valence-corrected chi connectivity index (χ2v) is 7.21. The smallest absolute Gasteiger partial charge is 0.337 e. The Morgan fingerprint density at radius 1 is 1.15 bits per heavy atom. The third-order valence-electron chi connectivity index (χ3n) is 5.18. The lowest BCUT2D eigenvalue weighted by atomic mass is 10.2. The first-order chi connectivity index (χ1) is 16.0. The Morgan fingerprint density at radius 2 is 1.97 bits per heavy atom. The van der Waals surface area contributed by atoms with Gasteiger partial charge in [-0.1, -0.05) is 26.0 Å². The van der Waals surface area contributed by atoms with E-state index in [9.17, 15) is 14.3 Å². The standard InChI is InChI=1S/C22H17FN6O2.C2H6/c1-13-18(22(30)31)11-29-20(13)21(24-12-26-29)27-17-5-6-19-15(8-17)9-25-28(19)10-14-3-2-4-16(23)7-14;1-2/h2-9,11-12H,10H2,1H3,(H,30,31)(H,24,26,27);1-2H3. The van der Waals surface area contributed by atoms with Crippen LogP contribution in [0.5, 0.6) is 0 Å². The zero-order valence-electron chi connectivity index (χ0n) is 18.5. The number of halogens is 1. The number of aromatic nitrogens is 5. The molecule has 0 fully saturated rings. The first kappa shape index (κ1) is 21.9. The number of benzene rings is 2. The van der Waals surface area contributed by atoms with Crippen molar-refractivity contribution in [2.24, 2.45) is 0 Å². The van der Waals surface area contributed by atoms with Crippen LogP contribution in [0.1, 0.15) is 35.3 Å². The number of nitrogens with one attached hydrogen (secondary N) is 1. The molecule has 8 nitrogen and oxygen atoms in total. The third kappa shape index (κ3) is 4.25. The van der Waals surface area contributed by atoms with Crippen LogP contribution in [-0.4, -0.2) is 35.5 Å². The summed E-state index contributed by atoms with van der Waals surface area (Å²) in [5, 5.41) is 22.1. The van der Waals surface area contributed by atoms with Crippen molar-refractivity contribution in [3.8, 4) is 0 Å². The first-order valence-electron chi connectivity index (χ1n) is 10.5. The Balaban J connectivity index is 0.00000126. The van der Waals surface area contributed by atoms with E-state index in [-0.39, 0.29) is 11.4 Å². The second-order valence-electron chi connectivity index (χ2n) is 7.21. The number of hydrogen-bond donors (Lipinski definition) is 2. The number of rotatable bonds is 5. The van der Waals surface area contributed by atoms with Crippen molar-refractivity contribution in [2.75, 3.05) is 5.32 Å². The highest BCUT2D eigenvalue weighted by molar-refractivity contribution is 5.94. The first-order valence-corrected chi connectivity index (χ1v) is 10.5. The largest absolute Gasteiger partial charge is 0.478 e. The van der Waals surface area contributed by atoms with Gasteiger partial charge in [0, 0.05) is 17.3 Å². The molecule has 168 valence electrons. The van der Waals surface area contributed by atoms with E-state index in [0.29, 0.717) is 23.4 Å². The monoisotopic (exact) mass is 446 g/mol. The topological polar surface area (TPSA) is 97.3 Å². The Labute approximate surface area is 189 Å². The van der Waals surface area contributed by atoms with Crippen molar-refractivity contribution in [1.82, 2.24) is 24.4 Å². The van der Waals surface area contributed by atoms with Crippen LogP contribution in [0, 0.1) is 12.7 Å². The summed E-state index contributed by atoms with van der Waals surface area (Å²) in [6.07, 6.45) is 4.59. The molecule has 33 heavy (non-hydrogen) atoms. The molecule has 0 saturated carbocycles. The SMILES string of the molecule is CC.Cc1c(C(=O)O)cn2ncnc(Nc3ccc4c(cnn4Cc4cccc(F)c4)c3)c12. The highest BCUT2D eigenvalue weighted by Crippen LogP contribution is 2.27. The average Bonchev–Trinajstić information content (AvgIpc) is 3.36. The van der Waals surface area contributed by atoms with Crippen LogP contribution in [0.15, 0.2) is 61.2 Å². The van der Waals surface area contributed by atoms with Gasteiger partial charge in [-0.25, -0.2) is 18.7 Å². The summed E-state index contributed by atoms with van der Waals surface area (Å²) < 4.78 is 16.8. The van der Waals surface area contributed by atoms with Gasteiger partial charge in [-0.15, -0.1) is 0 Å². The summed E-state index contributed by atoms with van der Waals surface area (Å²) >= 11 is 0. The molecule has 0 bridgehead atoms. The number of fused-ring (bicyclic) bond motifs is 2. The molecular weight excluding hydrogens is 423 g/mol. The van der Waals surface area contributed by atoms with Crippen LogP contribution in [0.3, 0.4) is 0 Å². The number of carboxylic acid groups (broad SMARTS) is 1. The van der Waals surface area contributed by atoms with Crippen LogP contribution in [-0.2, 0) is 6.54 Å². The molecule has 0 aliphatic heterocycles. The van der Waals surface area contributed by atoms with E-state index in [2.05, 4.69) is 20.5 Å². The predicted octanol–water partition coefficient (Wildman–Crippen LogP) is 5.04. The molecule has 3 heterocycles. The molecule has 2 aromatic carbocycles. The van der Waals surface area contributed by atoms with Crippen molar-refractivity contribution < 1.29 is 14.3 Å². The Hall–Kier alpha value is -4.27. The Bertz CT molecular complexity index is 1460. The van der Waals surface area contributed by atoms with Gasteiger partial charge in [-0.05, 0) is 48.4 Å². The number of carbonyl (C=O) groups is 1. The van der Waals surface area contributed by atoms with E-state index in [4.69, 9.17) is 0 Å². The van der Waals surface area contributed by atoms with E-state index in [0.717, 1.165) is 22.2 Å². The molecule has 3 aromatic heterocycles. The Morgan fingerprint density at radius 3 is 2.73 bits per heavy atom. The van der Waals surface area contributed by atoms with Crippen LogP contribution in [0.2, 0.25) is 0 Å². The molecule has 5 aromatic rings. The summed E-state index contributed by atoms with van der Waals surface area (Å²) in [6, 6.07) is 12.2. The third-order valence-corrected chi connectivity index (χ3v) is 5.18. The summed E-state index contributed by atoms with van der Waals surface area (Å²) in [5.41, 5.74) is 3.87. The molecule has 0 aliphatic rings. The van der Waals surface area contributed by atoms with Gasteiger partial charge in [0.1, 0.15) is 17.7 Å². The number of aryl methyl sites for hydroxylation is 1. The fourth-order valence-corrected chi connectivity index (χ4v) is 3.70. The number of nitrogens with zero attached hydrogens (tertiary/aromatic N) is 5. The summed E-state index contributed by atoms with van der Waals surface area (Å²) in [7, 11) is 0. The molecule has 0 amide bonds. The number of anilines is 2. The van der Waals surface area contributed by atoms with E-state index < -0.39 is 5.97 Å². The minimum absolute atomic E-state index is 0.178. The van der Waals surface area contributed by atoms with Gasteiger partial charge in [-0.3, -0.25) is 4.68 Å². The number of aromatic carboxylic acids is 1. The fourth-order valence-electron chi connectivity index (χ4n) is 3.70. The number of carboxylic acids is 1. The highest BCUT2D eigenvalue weighted by Gasteiger charge is 2.17. The summed E-state index contributed by atoms with van der Waals surface area (Å²) in [6.45, 7) is 6.19. The fraction of sp³-hybridized carbons (Fsp3) is 0.167. The molecule has 0 spiro atoms. The minimum atomic E-state index is -1.01. The molecule has 0 atom stereocenters. The lowest BCUT2D eigenvalue weighted by Crippen LogP contribution is -2.02. The lowest BCUT2D eigenvalue weighted by Gasteiger charge is -2.09. The van der Waals surface area contributed by atoms with Gasteiger partial charge in [0.15, 0.2) is 5.82 Å². The minimum Gasteiger partial charge on any atom is -0.478 e. The number of hydrogen-bond acceptors (Lipinski definition) is 5. The van der Waals surface area contributed by atoms with E-state index in [1.807, 2.05) is 42.8 Å². The van der Waals surface area contributed by atoms with Gasteiger partial charge in [0.25, 0.3) is 0 Å². The maximum Gasteiger partial charge on any atom is 0.337 e. The molecule has 2 N–H and O–H groups in total. The highest BCUT2D eigenvalue weighted by atomic mass is 19.1. The zero-order chi connectivity index (χ0) is 23.5. The van der Waals surface area contributed by atoms with E-state index in [1.165, 1.54) is 29.2 Å². The van der Waals surface area contributed by atoms with Gasteiger partial charge in [0.05, 0.1) is 23.8 Å². The Kier molecular flexibility index (Phi) is 6.03. The molecule has 0 aliphatic carbocycles. The second kappa shape index (κ2) is 9.07. The van der Waals surface area contributed by atoms with Gasteiger partial charge < -0.3 is 10.4 Å². The summed E-state index contributed by atoms with van der Waals surface area (Å²) in [5.74, 6) is -0.782. The maximum atomic E-state index is 13.5. The van der Waals surface area contributed by atoms with Crippen LogP contribution in [0.25, 0.3) is 16.4 Å².